The molecule has 1 atom stereocenters. The van der Waals surface area contributed by atoms with Crippen molar-refractivity contribution in [1.29, 1.82) is 0 Å². The van der Waals surface area contributed by atoms with Gasteiger partial charge in [0.05, 0.1) is 6.42 Å². The van der Waals surface area contributed by atoms with Gasteiger partial charge in [-0.25, -0.2) is 4.98 Å². The number of alkyl halides is 3. The first kappa shape index (κ1) is 18.3. The number of hydrogen-bond acceptors (Lipinski definition) is 4. The molecule has 2 aromatic rings. The molecule has 24 heavy (non-hydrogen) atoms. The van der Waals surface area contributed by atoms with Gasteiger partial charge in [-0.1, -0.05) is 0 Å². The number of carbonyl (C=O) groups is 1. The Morgan fingerprint density at radius 2 is 1.96 bits per heavy atom. The predicted octanol–water partition coefficient (Wildman–Crippen LogP) is 2.92. The van der Waals surface area contributed by atoms with Crippen LogP contribution in [0.25, 0.3) is 0 Å². The summed E-state index contributed by atoms with van der Waals surface area (Å²) in [6.07, 6.45) is -1.96. The van der Waals surface area contributed by atoms with Crippen LogP contribution in [0.15, 0.2) is 41.6 Å². The molecule has 0 aliphatic heterocycles. The molecule has 0 saturated heterocycles. The van der Waals surface area contributed by atoms with E-state index in [1.54, 1.807) is 24.3 Å². The molecule has 9 heteroatoms. The van der Waals surface area contributed by atoms with Crippen molar-refractivity contribution in [3.63, 3.8) is 0 Å². The van der Waals surface area contributed by atoms with Gasteiger partial charge < -0.3 is 15.0 Å². The van der Waals surface area contributed by atoms with Gasteiger partial charge in [-0.3, -0.25) is 4.79 Å². The first-order valence-electron chi connectivity index (χ1n) is 6.88. The number of aromatic nitrogens is 2. The molecule has 0 unspecified atom stereocenters. The van der Waals surface area contributed by atoms with E-state index < -0.39 is 29.9 Å². The number of hydrogen-bond donors (Lipinski definition) is 2. The first-order chi connectivity index (χ1) is 11.2. The van der Waals surface area contributed by atoms with E-state index in [2.05, 4.69) is 10.3 Å². The van der Waals surface area contributed by atoms with Crippen molar-refractivity contribution in [3.05, 3.63) is 42.5 Å². The van der Waals surface area contributed by atoms with Crippen LogP contribution in [0, 0.1) is 0 Å². The summed E-state index contributed by atoms with van der Waals surface area (Å²) in [7, 11) is 1.32. The smallest absolute Gasteiger partial charge is 0.374 e. The van der Waals surface area contributed by atoms with Crippen molar-refractivity contribution in [2.45, 2.75) is 23.1 Å². The zero-order valence-electron chi connectivity index (χ0n) is 13.0. The molecule has 0 bridgehead atoms. The highest BCUT2D eigenvalue weighted by Gasteiger charge is 2.58. The van der Waals surface area contributed by atoms with Crippen molar-refractivity contribution >= 4 is 23.4 Å². The fourth-order valence-corrected chi connectivity index (χ4v) is 2.59. The molecule has 0 radical (unpaired) electrons. The van der Waals surface area contributed by atoms with Gasteiger partial charge in [-0.2, -0.15) is 13.2 Å². The highest BCUT2D eigenvalue weighted by molar-refractivity contribution is 7.98. The van der Waals surface area contributed by atoms with E-state index in [-0.39, 0.29) is 0 Å². The lowest BCUT2D eigenvalue weighted by Gasteiger charge is -2.29. The number of anilines is 1. The van der Waals surface area contributed by atoms with Crippen LogP contribution in [0.4, 0.5) is 18.9 Å². The van der Waals surface area contributed by atoms with Gasteiger partial charge in [-0.05, 0) is 30.5 Å². The summed E-state index contributed by atoms with van der Waals surface area (Å²) in [5, 5.41) is 12.5. The van der Waals surface area contributed by atoms with Crippen molar-refractivity contribution < 1.29 is 23.1 Å². The van der Waals surface area contributed by atoms with Crippen LogP contribution in [0.2, 0.25) is 0 Å². The van der Waals surface area contributed by atoms with Crippen molar-refractivity contribution in [1.82, 2.24) is 9.55 Å². The minimum atomic E-state index is -5.05. The number of nitrogens with one attached hydrogen (secondary N) is 1. The Labute approximate surface area is 140 Å². The van der Waals surface area contributed by atoms with Gasteiger partial charge in [0.2, 0.25) is 11.5 Å². The monoisotopic (exact) mass is 359 g/mol. The minimum Gasteiger partial charge on any atom is -0.374 e. The molecule has 0 spiro atoms. The average molecular weight is 359 g/mol. The van der Waals surface area contributed by atoms with Crippen LogP contribution in [-0.2, 0) is 17.4 Å². The van der Waals surface area contributed by atoms with Crippen molar-refractivity contribution in [2.24, 2.45) is 7.05 Å². The Kier molecular flexibility index (Phi) is 5.24. The largest absolute Gasteiger partial charge is 0.425 e. The summed E-state index contributed by atoms with van der Waals surface area (Å²) < 4.78 is 41.1. The van der Waals surface area contributed by atoms with Crippen molar-refractivity contribution in [3.8, 4) is 0 Å². The summed E-state index contributed by atoms with van der Waals surface area (Å²) in [5.41, 5.74) is -3.02. The summed E-state index contributed by atoms with van der Waals surface area (Å²) in [5.74, 6) is -1.60. The summed E-state index contributed by atoms with van der Waals surface area (Å²) in [4.78, 5) is 16.5. The van der Waals surface area contributed by atoms with Gasteiger partial charge in [0.15, 0.2) is 5.82 Å². The lowest BCUT2D eigenvalue weighted by Crippen LogP contribution is -2.46. The van der Waals surface area contributed by atoms with E-state index in [9.17, 15) is 23.1 Å². The lowest BCUT2D eigenvalue weighted by atomic mass is 9.97. The molecule has 0 fully saturated rings. The Morgan fingerprint density at radius 3 is 2.42 bits per heavy atom. The molecule has 0 aliphatic rings. The number of rotatable bonds is 5. The fraction of sp³-hybridized carbons (Fsp3) is 0.333. The Bertz CT molecular complexity index is 715. The zero-order chi connectivity index (χ0) is 18.0. The number of imidazole rings is 1. The van der Waals surface area contributed by atoms with E-state index in [4.69, 9.17) is 0 Å². The second kappa shape index (κ2) is 6.86. The zero-order valence-corrected chi connectivity index (χ0v) is 13.8. The summed E-state index contributed by atoms with van der Waals surface area (Å²) in [6.45, 7) is 0. The number of benzene rings is 1. The highest BCUT2D eigenvalue weighted by Crippen LogP contribution is 2.40. The summed E-state index contributed by atoms with van der Waals surface area (Å²) in [6, 6.07) is 6.62. The van der Waals surface area contributed by atoms with Crippen LogP contribution < -0.4 is 5.32 Å². The maximum atomic E-state index is 13.4. The van der Waals surface area contributed by atoms with E-state index >= 15 is 0 Å². The third-order valence-corrected chi connectivity index (χ3v) is 4.19. The van der Waals surface area contributed by atoms with Crippen LogP contribution >= 0.6 is 11.8 Å². The van der Waals surface area contributed by atoms with Crippen LogP contribution in [0.1, 0.15) is 12.2 Å². The van der Waals surface area contributed by atoms with Crippen molar-refractivity contribution in [2.75, 3.05) is 11.6 Å². The van der Waals surface area contributed by atoms with Crippen LogP contribution in [-0.4, -0.2) is 33.0 Å². The minimum absolute atomic E-state index is 0.349. The fourth-order valence-electron chi connectivity index (χ4n) is 2.18. The number of aliphatic hydroxyl groups is 1. The second-order valence-electron chi connectivity index (χ2n) is 5.17. The molecule has 2 rings (SSSR count). The normalized spacial score (nSPS) is 14.2. The SMILES string of the molecule is CSc1ccc(NC(=O)C[C@](O)(c2nccn2C)C(F)(F)F)cc1. The van der Waals surface area contributed by atoms with Crippen LogP contribution in [0.3, 0.4) is 0 Å². The molecule has 0 saturated carbocycles. The Hall–Kier alpha value is -2.00. The van der Waals surface area contributed by atoms with Crippen LogP contribution in [0.5, 0.6) is 0 Å². The number of nitrogens with zero attached hydrogens (tertiary/aromatic N) is 2. The maximum Gasteiger partial charge on any atom is 0.425 e. The lowest BCUT2D eigenvalue weighted by molar-refractivity contribution is -0.270. The molecular formula is C15H16F3N3O2S. The first-order valence-corrected chi connectivity index (χ1v) is 8.10. The number of thioether (sulfide) groups is 1. The molecular weight excluding hydrogens is 343 g/mol. The number of aryl methyl sites for hydroxylation is 1. The maximum absolute atomic E-state index is 13.4. The van der Waals surface area contributed by atoms with Gasteiger partial charge in [0.25, 0.3) is 0 Å². The molecule has 1 heterocycles. The molecule has 0 aliphatic carbocycles. The van der Waals surface area contributed by atoms with Gasteiger partial charge in [-0.15, -0.1) is 11.8 Å². The third-order valence-electron chi connectivity index (χ3n) is 3.45. The number of amides is 1. The number of carbonyl (C=O) groups excluding carboxylic acids is 1. The second-order valence-corrected chi connectivity index (χ2v) is 6.05. The van der Waals surface area contributed by atoms with Gasteiger partial charge in [0, 0.05) is 30.0 Å². The molecule has 1 aromatic carbocycles. The standard InChI is InChI=1S/C15H16F3N3O2S/c1-21-8-7-19-13(21)14(23,15(16,17)18)9-12(22)20-10-3-5-11(24-2)6-4-10/h3-8,23H,9H2,1-2H3,(H,20,22)/t14-/m0/s1. The van der Waals surface area contributed by atoms with Gasteiger partial charge >= 0.3 is 6.18 Å². The number of halogens is 3. The Balaban J connectivity index is 2.20. The third kappa shape index (κ3) is 3.73. The average Bonchev–Trinajstić information content (AvgIpc) is 2.93. The van der Waals surface area contributed by atoms with Gasteiger partial charge in [0.1, 0.15) is 0 Å². The molecule has 2 N–H and O–H groups in total. The van der Waals surface area contributed by atoms with E-state index in [0.717, 1.165) is 15.7 Å². The topological polar surface area (TPSA) is 67.2 Å². The molecule has 1 aromatic heterocycles. The molecule has 5 nitrogen and oxygen atoms in total. The van der Waals surface area contributed by atoms with E-state index in [1.807, 2.05) is 6.26 Å². The quantitative estimate of drug-likeness (QED) is 0.806. The van der Waals surface area contributed by atoms with E-state index in [1.165, 1.54) is 25.0 Å². The molecule has 1 amide bonds. The highest BCUT2D eigenvalue weighted by atomic mass is 32.2. The Morgan fingerprint density at radius 1 is 1.33 bits per heavy atom. The van der Waals surface area contributed by atoms with E-state index in [0.29, 0.717) is 5.69 Å². The summed E-state index contributed by atoms with van der Waals surface area (Å²) >= 11 is 1.50. The molecule has 130 valence electrons. The predicted molar refractivity (Wildman–Crippen MR) is 84.6 cm³/mol.